The van der Waals surface area contributed by atoms with Gasteiger partial charge in [0.25, 0.3) is 5.91 Å². The van der Waals surface area contributed by atoms with Crippen molar-refractivity contribution >= 4 is 49.1 Å². The molecular weight excluding hydrogens is 400 g/mol. The Kier molecular flexibility index (Phi) is 4.90. The molecule has 0 atom stereocenters. The van der Waals surface area contributed by atoms with Gasteiger partial charge in [-0.1, -0.05) is 15.9 Å². The highest BCUT2D eigenvalue weighted by atomic mass is 79.9. The predicted octanol–water partition coefficient (Wildman–Crippen LogP) is 4.36. The zero-order valence-electron chi connectivity index (χ0n) is 11.5. The predicted molar refractivity (Wildman–Crippen MR) is 91.9 cm³/mol. The molecule has 0 aliphatic rings. The minimum absolute atomic E-state index is 0.223. The molecule has 21 heavy (non-hydrogen) atoms. The van der Waals surface area contributed by atoms with Crippen LogP contribution < -0.4 is 15.8 Å². The number of methoxy groups -OCH3 is 1. The van der Waals surface area contributed by atoms with E-state index in [1.165, 1.54) is 0 Å². The summed E-state index contributed by atoms with van der Waals surface area (Å²) >= 11 is 6.72. The second kappa shape index (κ2) is 6.49. The first kappa shape index (κ1) is 15.9. The minimum atomic E-state index is -0.223. The molecule has 0 spiro atoms. The van der Waals surface area contributed by atoms with E-state index < -0.39 is 0 Å². The maximum atomic E-state index is 12.3. The number of nitrogens with two attached hydrogens (primary N) is 1. The van der Waals surface area contributed by atoms with Gasteiger partial charge in [-0.25, -0.2) is 0 Å². The molecule has 0 bridgehead atoms. The van der Waals surface area contributed by atoms with E-state index in [0.29, 0.717) is 27.2 Å². The van der Waals surface area contributed by atoms with Crippen LogP contribution in [-0.2, 0) is 0 Å². The maximum Gasteiger partial charge on any atom is 0.255 e. The van der Waals surface area contributed by atoms with E-state index in [-0.39, 0.29) is 5.91 Å². The third-order valence-electron chi connectivity index (χ3n) is 2.99. The summed E-state index contributed by atoms with van der Waals surface area (Å²) in [6.07, 6.45) is 0. The van der Waals surface area contributed by atoms with Crippen LogP contribution in [0.2, 0.25) is 0 Å². The minimum Gasteiger partial charge on any atom is -0.495 e. The summed E-state index contributed by atoms with van der Waals surface area (Å²) in [6, 6.07) is 8.77. The van der Waals surface area contributed by atoms with Gasteiger partial charge in [-0.3, -0.25) is 4.79 Å². The Balaban J connectivity index is 2.33. The normalized spacial score (nSPS) is 10.3. The molecule has 110 valence electrons. The van der Waals surface area contributed by atoms with Crippen LogP contribution in [0.1, 0.15) is 15.9 Å². The molecule has 0 aliphatic heterocycles. The number of carbonyl (C=O) groups excluding carboxylic acids is 1. The van der Waals surface area contributed by atoms with Gasteiger partial charge >= 0.3 is 0 Å². The lowest BCUT2D eigenvalue weighted by Crippen LogP contribution is -2.14. The lowest BCUT2D eigenvalue weighted by atomic mass is 10.1. The van der Waals surface area contributed by atoms with Gasteiger partial charge in [0.15, 0.2) is 0 Å². The molecule has 2 rings (SSSR count). The quantitative estimate of drug-likeness (QED) is 0.734. The number of nitrogens with one attached hydrogen (secondary N) is 1. The van der Waals surface area contributed by atoms with Gasteiger partial charge in [0.2, 0.25) is 0 Å². The number of ether oxygens (including phenoxy) is 1. The second-order valence-electron chi connectivity index (χ2n) is 4.49. The lowest BCUT2D eigenvalue weighted by Gasteiger charge is -2.14. The molecule has 0 heterocycles. The van der Waals surface area contributed by atoms with Crippen LogP contribution in [-0.4, -0.2) is 13.0 Å². The first-order valence-electron chi connectivity index (χ1n) is 6.13. The molecule has 2 aromatic rings. The molecule has 4 nitrogen and oxygen atoms in total. The third kappa shape index (κ3) is 3.57. The van der Waals surface area contributed by atoms with Gasteiger partial charge in [-0.05, 0) is 58.7 Å². The molecule has 0 aliphatic carbocycles. The number of carbonyl (C=O) groups is 1. The zero-order valence-corrected chi connectivity index (χ0v) is 14.7. The van der Waals surface area contributed by atoms with Crippen molar-refractivity contribution in [1.82, 2.24) is 0 Å². The van der Waals surface area contributed by atoms with Crippen LogP contribution in [0, 0.1) is 6.92 Å². The van der Waals surface area contributed by atoms with Gasteiger partial charge in [-0.2, -0.15) is 0 Å². The summed E-state index contributed by atoms with van der Waals surface area (Å²) < 4.78 is 6.90. The molecule has 0 radical (unpaired) electrons. The summed E-state index contributed by atoms with van der Waals surface area (Å²) in [5.74, 6) is 0.379. The Morgan fingerprint density at radius 1 is 1.24 bits per heavy atom. The summed E-state index contributed by atoms with van der Waals surface area (Å²) in [5.41, 5.74) is 8.38. The van der Waals surface area contributed by atoms with Crippen molar-refractivity contribution in [2.24, 2.45) is 0 Å². The van der Waals surface area contributed by atoms with E-state index in [1.54, 1.807) is 25.3 Å². The first-order valence-corrected chi connectivity index (χ1v) is 7.71. The Morgan fingerprint density at radius 2 is 1.95 bits per heavy atom. The summed E-state index contributed by atoms with van der Waals surface area (Å²) in [6.45, 7) is 1.90. The fourth-order valence-corrected chi connectivity index (χ4v) is 2.82. The van der Waals surface area contributed by atoms with Crippen molar-refractivity contribution in [2.75, 3.05) is 18.2 Å². The second-order valence-corrected chi connectivity index (χ2v) is 6.26. The van der Waals surface area contributed by atoms with E-state index in [1.807, 2.05) is 19.1 Å². The number of anilines is 2. The average molecular weight is 414 g/mol. The first-order chi connectivity index (χ1) is 9.92. The number of rotatable bonds is 3. The molecule has 0 saturated carbocycles. The number of amides is 1. The molecule has 2 aromatic carbocycles. The molecule has 0 aromatic heterocycles. The summed E-state index contributed by atoms with van der Waals surface area (Å²) in [7, 11) is 1.57. The Hall–Kier alpha value is -1.53. The van der Waals surface area contributed by atoms with Crippen molar-refractivity contribution in [2.45, 2.75) is 6.92 Å². The number of benzene rings is 2. The Morgan fingerprint density at radius 3 is 2.57 bits per heavy atom. The van der Waals surface area contributed by atoms with Crippen molar-refractivity contribution in [3.8, 4) is 5.75 Å². The van der Waals surface area contributed by atoms with Crippen LogP contribution in [0.4, 0.5) is 11.4 Å². The van der Waals surface area contributed by atoms with Crippen LogP contribution in [0.15, 0.2) is 39.3 Å². The number of hydrogen-bond acceptors (Lipinski definition) is 3. The number of aryl methyl sites for hydroxylation is 1. The Bertz CT molecular complexity index is 702. The molecule has 1 amide bonds. The summed E-state index contributed by atoms with van der Waals surface area (Å²) in [4.78, 5) is 12.3. The van der Waals surface area contributed by atoms with E-state index in [4.69, 9.17) is 10.5 Å². The van der Waals surface area contributed by atoms with Gasteiger partial charge in [0, 0.05) is 20.2 Å². The molecule has 0 fully saturated rings. The smallest absolute Gasteiger partial charge is 0.255 e. The number of hydrogen-bond donors (Lipinski definition) is 2. The van der Waals surface area contributed by atoms with E-state index >= 15 is 0 Å². The number of nitrogen functional groups attached to an aromatic ring is 1. The van der Waals surface area contributed by atoms with Crippen molar-refractivity contribution in [1.29, 1.82) is 0 Å². The zero-order chi connectivity index (χ0) is 15.6. The highest BCUT2D eigenvalue weighted by Crippen LogP contribution is 2.32. The molecule has 0 saturated heterocycles. The van der Waals surface area contributed by atoms with Gasteiger partial charge in [0.1, 0.15) is 5.75 Å². The molecular formula is C15H14Br2N2O2. The fraction of sp³-hybridized carbons (Fsp3) is 0.133. The monoisotopic (exact) mass is 412 g/mol. The van der Waals surface area contributed by atoms with Crippen LogP contribution in [0.5, 0.6) is 5.75 Å². The third-order valence-corrected chi connectivity index (χ3v) is 4.13. The number of halogens is 2. The van der Waals surface area contributed by atoms with Crippen LogP contribution in [0.25, 0.3) is 0 Å². The standard InChI is InChI=1S/C15H14Br2N2O2/c1-8-5-10(16)7-13(21-2)14(8)19-15(20)9-3-4-12(18)11(17)6-9/h3-7H,18H2,1-2H3,(H,19,20). The van der Waals surface area contributed by atoms with E-state index in [0.717, 1.165) is 10.0 Å². The van der Waals surface area contributed by atoms with Crippen LogP contribution >= 0.6 is 31.9 Å². The van der Waals surface area contributed by atoms with Crippen molar-refractivity contribution in [3.63, 3.8) is 0 Å². The SMILES string of the molecule is COc1cc(Br)cc(C)c1NC(=O)c1ccc(N)c(Br)c1. The molecule has 0 unspecified atom stereocenters. The maximum absolute atomic E-state index is 12.3. The van der Waals surface area contributed by atoms with Gasteiger partial charge in [0.05, 0.1) is 12.8 Å². The van der Waals surface area contributed by atoms with Crippen molar-refractivity contribution < 1.29 is 9.53 Å². The highest BCUT2D eigenvalue weighted by molar-refractivity contribution is 9.10. The van der Waals surface area contributed by atoms with E-state index in [9.17, 15) is 4.79 Å². The topological polar surface area (TPSA) is 64.3 Å². The molecule has 3 N–H and O–H groups in total. The van der Waals surface area contributed by atoms with Gasteiger partial charge in [-0.15, -0.1) is 0 Å². The summed E-state index contributed by atoms with van der Waals surface area (Å²) in [5, 5.41) is 2.87. The fourth-order valence-electron chi connectivity index (χ4n) is 1.89. The van der Waals surface area contributed by atoms with E-state index in [2.05, 4.69) is 37.2 Å². The van der Waals surface area contributed by atoms with Crippen LogP contribution in [0.3, 0.4) is 0 Å². The average Bonchev–Trinajstić information content (AvgIpc) is 2.44. The lowest BCUT2D eigenvalue weighted by molar-refractivity contribution is 0.102. The van der Waals surface area contributed by atoms with Gasteiger partial charge < -0.3 is 15.8 Å². The highest BCUT2D eigenvalue weighted by Gasteiger charge is 2.13. The molecule has 6 heteroatoms. The largest absolute Gasteiger partial charge is 0.495 e. The Labute approximate surface area is 139 Å². The van der Waals surface area contributed by atoms with Crippen molar-refractivity contribution in [3.05, 3.63) is 50.4 Å².